The lowest BCUT2D eigenvalue weighted by atomic mass is 10.1. The number of nitrogens with one attached hydrogen (secondary N) is 2. The maximum Gasteiger partial charge on any atom is 0.251 e. The van der Waals surface area contributed by atoms with Gasteiger partial charge >= 0.3 is 0 Å². The summed E-state index contributed by atoms with van der Waals surface area (Å²) >= 11 is 0. The number of aryl methyl sites for hydroxylation is 1. The molecule has 0 unspecified atom stereocenters. The summed E-state index contributed by atoms with van der Waals surface area (Å²) in [6.45, 7) is 1.80. The smallest absolute Gasteiger partial charge is 0.251 e. The van der Waals surface area contributed by atoms with Gasteiger partial charge in [-0.3, -0.25) is 4.79 Å². The molecule has 1 aliphatic rings. The Kier molecular flexibility index (Phi) is 4.45. The molecule has 1 aromatic carbocycles. The second kappa shape index (κ2) is 5.93. The van der Waals surface area contributed by atoms with Crippen LogP contribution in [0.2, 0.25) is 0 Å². The second-order valence-corrected chi connectivity index (χ2v) is 7.03. The van der Waals surface area contributed by atoms with Crippen LogP contribution in [0.15, 0.2) is 23.1 Å². The van der Waals surface area contributed by atoms with Crippen LogP contribution in [0.4, 0.5) is 0 Å². The van der Waals surface area contributed by atoms with Crippen LogP contribution < -0.4 is 10.0 Å². The molecule has 0 aromatic heterocycles. The SMILES string of the molecule is CNS(=O)(=O)c1ccc(C)c(C(=O)NC2CCCC2)c1. The maximum atomic E-state index is 12.3. The summed E-state index contributed by atoms with van der Waals surface area (Å²) in [6, 6.07) is 4.82. The quantitative estimate of drug-likeness (QED) is 0.885. The molecule has 1 aliphatic carbocycles. The first-order valence-corrected chi connectivity index (χ1v) is 8.27. The van der Waals surface area contributed by atoms with Crippen molar-refractivity contribution in [2.24, 2.45) is 0 Å². The fraction of sp³-hybridized carbons (Fsp3) is 0.500. The van der Waals surface area contributed by atoms with Crippen LogP contribution in [0.25, 0.3) is 0 Å². The second-order valence-electron chi connectivity index (χ2n) is 5.14. The van der Waals surface area contributed by atoms with E-state index in [9.17, 15) is 13.2 Å². The molecule has 0 aliphatic heterocycles. The standard InChI is InChI=1S/C14H20N2O3S/c1-10-7-8-12(20(18,19)15-2)9-13(10)14(17)16-11-5-3-4-6-11/h7-9,11,15H,3-6H2,1-2H3,(H,16,17). The van der Waals surface area contributed by atoms with Gasteiger partial charge < -0.3 is 5.32 Å². The van der Waals surface area contributed by atoms with E-state index in [0.717, 1.165) is 31.2 Å². The van der Waals surface area contributed by atoms with Crippen LogP contribution in [0.3, 0.4) is 0 Å². The number of rotatable bonds is 4. The molecule has 1 amide bonds. The molecule has 0 saturated heterocycles. The van der Waals surface area contributed by atoms with Gasteiger partial charge in [0.2, 0.25) is 10.0 Å². The molecule has 0 atom stereocenters. The topological polar surface area (TPSA) is 75.3 Å². The van der Waals surface area contributed by atoms with Crippen molar-refractivity contribution < 1.29 is 13.2 Å². The highest BCUT2D eigenvalue weighted by atomic mass is 32.2. The predicted molar refractivity (Wildman–Crippen MR) is 77.1 cm³/mol. The summed E-state index contributed by atoms with van der Waals surface area (Å²) in [5.74, 6) is -0.192. The molecule has 0 radical (unpaired) electrons. The molecule has 2 rings (SSSR count). The first-order chi connectivity index (χ1) is 9.44. The lowest BCUT2D eigenvalue weighted by Gasteiger charge is -2.14. The normalized spacial score (nSPS) is 16.3. The number of amides is 1. The minimum absolute atomic E-state index is 0.113. The number of carbonyl (C=O) groups is 1. The van der Waals surface area contributed by atoms with E-state index >= 15 is 0 Å². The third kappa shape index (κ3) is 3.19. The van der Waals surface area contributed by atoms with Crippen molar-refractivity contribution >= 4 is 15.9 Å². The lowest BCUT2D eigenvalue weighted by Crippen LogP contribution is -2.33. The summed E-state index contributed by atoms with van der Waals surface area (Å²) in [4.78, 5) is 12.4. The van der Waals surface area contributed by atoms with Crippen molar-refractivity contribution in [3.05, 3.63) is 29.3 Å². The lowest BCUT2D eigenvalue weighted by molar-refractivity contribution is 0.0937. The molecule has 1 aromatic rings. The van der Waals surface area contributed by atoms with E-state index in [2.05, 4.69) is 10.0 Å². The third-order valence-electron chi connectivity index (χ3n) is 3.72. The molecule has 5 nitrogen and oxygen atoms in total. The summed E-state index contributed by atoms with van der Waals surface area (Å²) in [5, 5.41) is 2.98. The van der Waals surface area contributed by atoms with Crippen molar-refractivity contribution in [1.29, 1.82) is 0 Å². The minimum Gasteiger partial charge on any atom is -0.349 e. The van der Waals surface area contributed by atoms with Crippen LogP contribution in [0.1, 0.15) is 41.6 Å². The van der Waals surface area contributed by atoms with Crippen molar-refractivity contribution in [2.75, 3.05) is 7.05 Å². The van der Waals surface area contributed by atoms with Crippen molar-refractivity contribution in [1.82, 2.24) is 10.0 Å². The Morgan fingerprint density at radius 2 is 1.90 bits per heavy atom. The zero-order valence-electron chi connectivity index (χ0n) is 11.8. The molecule has 1 fully saturated rings. The summed E-state index contributed by atoms with van der Waals surface area (Å²) in [7, 11) is -2.17. The molecule has 2 N–H and O–H groups in total. The summed E-state index contributed by atoms with van der Waals surface area (Å²) < 4.78 is 25.8. The molecule has 1 saturated carbocycles. The molecular formula is C14H20N2O3S. The van der Waals surface area contributed by atoms with Crippen molar-refractivity contribution in [3.63, 3.8) is 0 Å². The highest BCUT2D eigenvalue weighted by molar-refractivity contribution is 7.89. The van der Waals surface area contributed by atoms with E-state index in [4.69, 9.17) is 0 Å². The van der Waals surface area contributed by atoms with E-state index in [1.165, 1.54) is 19.2 Å². The molecule has 110 valence electrons. The van der Waals surface area contributed by atoms with E-state index in [1.807, 2.05) is 0 Å². The first-order valence-electron chi connectivity index (χ1n) is 6.79. The van der Waals surface area contributed by atoms with Gasteiger partial charge in [0.1, 0.15) is 0 Å². The van der Waals surface area contributed by atoms with Crippen molar-refractivity contribution in [2.45, 2.75) is 43.5 Å². The van der Waals surface area contributed by atoms with E-state index in [0.29, 0.717) is 5.56 Å². The van der Waals surface area contributed by atoms with Crippen LogP contribution in [-0.2, 0) is 10.0 Å². The van der Waals surface area contributed by atoms with Gasteiger partial charge in [0.25, 0.3) is 5.91 Å². The van der Waals surface area contributed by atoms with Gasteiger partial charge in [-0.15, -0.1) is 0 Å². The first kappa shape index (κ1) is 15.0. The zero-order valence-corrected chi connectivity index (χ0v) is 12.6. The van der Waals surface area contributed by atoms with Gasteiger partial charge in [-0.05, 0) is 44.5 Å². The number of hydrogen-bond acceptors (Lipinski definition) is 3. The molecule has 0 heterocycles. The fourth-order valence-corrected chi connectivity index (χ4v) is 3.22. The third-order valence-corrected chi connectivity index (χ3v) is 5.14. The Labute approximate surface area is 119 Å². The van der Waals surface area contributed by atoms with Crippen LogP contribution in [-0.4, -0.2) is 27.4 Å². The van der Waals surface area contributed by atoms with Gasteiger partial charge in [-0.25, -0.2) is 13.1 Å². The van der Waals surface area contributed by atoms with E-state index < -0.39 is 10.0 Å². The Hall–Kier alpha value is -1.40. The molecule has 0 bridgehead atoms. The molecule has 20 heavy (non-hydrogen) atoms. The monoisotopic (exact) mass is 296 g/mol. The number of sulfonamides is 1. The van der Waals surface area contributed by atoms with E-state index in [-0.39, 0.29) is 16.8 Å². The highest BCUT2D eigenvalue weighted by Crippen LogP contribution is 2.20. The van der Waals surface area contributed by atoms with Gasteiger partial charge in [-0.1, -0.05) is 18.9 Å². The van der Waals surface area contributed by atoms with Gasteiger partial charge in [0, 0.05) is 11.6 Å². The number of carbonyl (C=O) groups excluding carboxylic acids is 1. The Bertz CT molecular complexity index is 605. The van der Waals surface area contributed by atoms with Crippen molar-refractivity contribution in [3.8, 4) is 0 Å². The Morgan fingerprint density at radius 1 is 1.25 bits per heavy atom. The van der Waals surface area contributed by atoms with Gasteiger partial charge in [0.05, 0.1) is 4.90 Å². The fourth-order valence-electron chi connectivity index (χ4n) is 2.46. The number of benzene rings is 1. The average Bonchev–Trinajstić information content (AvgIpc) is 2.91. The zero-order chi connectivity index (χ0) is 14.8. The summed E-state index contributed by atoms with van der Waals surface area (Å²) in [6.07, 6.45) is 4.27. The Morgan fingerprint density at radius 3 is 2.50 bits per heavy atom. The van der Waals surface area contributed by atoms with E-state index in [1.54, 1.807) is 13.0 Å². The summed E-state index contributed by atoms with van der Waals surface area (Å²) in [5.41, 5.74) is 1.20. The number of hydrogen-bond donors (Lipinski definition) is 2. The molecular weight excluding hydrogens is 276 g/mol. The van der Waals surface area contributed by atoms with Crippen LogP contribution >= 0.6 is 0 Å². The largest absolute Gasteiger partial charge is 0.349 e. The minimum atomic E-state index is -3.53. The molecule has 0 spiro atoms. The maximum absolute atomic E-state index is 12.3. The Balaban J connectivity index is 2.26. The van der Waals surface area contributed by atoms with Crippen LogP contribution in [0, 0.1) is 6.92 Å². The van der Waals surface area contributed by atoms with Gasteiger partial charge in [0.15, 0.2) is 0 Å². The molecule has 6 heteroatoms. The highest BCUT2D eigenvalue weighted by Gasteiger charge is 2.20. The average molecular weight is 296 g/mol. The van der Waals surface area contributed by atoms with Crippen LogP contribution in [0.5, 0.6) is 0 Å². The predicted octanol–water partition coefficient (Wildman–Crippen LogP) is 1.58. The van der Waals surface area contributed by atoms with Gasteiger partial charge in [-0.2, -0.15) is 0 Å².